The molecule has 3 nitrogen and oxygen atoms in total. The fourth-order valence-corrected chi connectivity index (χ4v) is 3.57. The van der Waals surface area contributed by atoms with Gasteiger partial charge in [-0.15, -0.1) is 11.3 Å². The maximum atomic E-state index is 12.8. The number of nitrogens with one attached hydrogen (secondary N) is 1. The Kier molecular flexibility index (Phi) is 3.68. The molecule has 3 rings (SSSR count). The molecule has 1 aliphatic heterocycles. The van der Waals surface area contributed by atoms with Crippen LogP contribution in [0.2, 0.25) is 5.02 Å². The van der Waals surface area contributed by atoms with Gasteiger partial charge in [-0.25, -0.2) is 0 Å². The zero-order valence-electron chi connectivity index (χ0n) is 11.1. The van der Waals surface area contributed by atoms with Crippen LogP contribution in [-0.2, 0) is 0 Å². The molecule has 0 aliphatic carbocycles. The number of rotatable bonds is 1. The van der Waals surface area contributed by atoms with Gasteiger partial charge < -0.3 is 10.2 Å². The van der Waals surface area contributed by atoms with E-state index < -0.39 is 0 Å². The number of halogens is 1. The van der Waals surface area contributed by atoms with E-state index in [1.54, 1.807) is 0 Å². The van der Waals surface area contributed by atoms with Crippen LogP contribution in [-0.4, -0.2) is 19.0 Å². The first kappa shape index (κ1) is 13.5. The zero-order chi connectivity index (χ0) is 14.1. The third kappa shape index (κ3) is 2.30. The van der Waals surface area contributed by atoms with Gasteiger partial charge in [-0.3, -0.25) is 4.79 Å². The molecule has 2 aromatic rings. The minimum Gasteiger partial charge on any atom is -0.383 e. The van der Waals surface area contributed by atoms with Gasteiger partial charge >= 0.3 is 0 Å². The minimum absolute atomic E-state index is 0.00995. The van der Waals surface area contributed by atoms with Crippen molar-refractivity contribution in [2.75, 3.05) is 23.3 Å². The monoisotopic (exact) mass is 306 g/mol. The Bertz CT molecular complexity index is 653. The fourth-order valence-electron chi connectivity index (χ4n) is 2.35. The molecule has 2 heterocycles. The molecular formula is C15H15ClN2OS. The average molecular weight is 307 g/mol. The lowest BCUT2D eigenvalue weighted by atomic mass is 10.2. The molecule has 1 amide bonds. The number of hydrogen-bond acceptors (Lipinski definition) is 3. The standard InChI is InChI=1S/C15H15ClN2OS/c1-10-9-20-14(13(10)16)15(19)18-8-4-7-17-11-5-2-3-6-12(11)18/h2-3,5-6,9,17H,4,7-8H2,1H3. The maximum Gasteiger partial charge on any atom is 0.269 e. The summed E-state index contributed by atoms with van der Waals surface area (Å²) in [5.41, 5.74) is 2.89. The van der Waals surface area contributed by atoms with E-state index >= 15 is 0 Å². The maximum absolute atomic E-state index is 12.8. The summed E-state index contributed by atoms with van der Waals surface area (Å²) < 4.78 is 0. The number of thiophene rings is 1. The molecule has 104 valence electrons. The van der Waals surface area contributed by atoms with Crippen LogP contribution in [0, 0.1) is 6.92 Å². The van der Waals surface area contributed by atoms with Gasteiger partial charge in [-0.1, -0.05) is 23.7 Å². The van der Waals surface area contributed by atoms with E-state index in [0.29, 0.717) is 16.4 Å². The van der Waals surface area contributed by atoms with Crippen molar-refractivity contribution in [3.63, 3.8) is 0 Å². The predicted molar refractivity (Wildman–Crippen MR) is 85.3 cm³/mol. The molecule has 0 radical (unpaired) electrons. The van der Waals surface area contributed by atoms with Gasteiger partial charge in [-0.2, -0.15) is 0 Å². The van der Waals surface area contributed by atoms with Crippen molar-refractivity contribution in [1.29, 1.82) is 0 Å². The first-order valence-electron chi connectivity index (χ1n) is 6.57. The summed E-state index contributed by atoms with van der Waals surface area (Å²) in [5.74, 6) is -0.00995. The van der Waals surface area contributed by atoms with E-state index in [4.69, 9.17) is 11.6 Å². The Morgan fingerprint density at radius 2 is 2.20 bits per heavy atom. The first-order valence-corrected chi connectivity index (χ1v) is 7.82. The number of para-hydroxylation sites is 2. The van der Waals surface area contributed by atoms with Gasteiger partial charge in [0.15, 0.2) is 0 Å². The smallest absolute Gasteiger partial charge is 0.269 e. The van der Waals surface area contributed by atoms with Crippen molar-refractivity contribution in [1.82, 2.24) is 0 Å². The van der Waals surface area contributed by atoms with Crippen LogP contribution in [0.4, 0.5) is 11.4 Å². The summed E-state index contributed by atoms with van der Waals surface area (Å²) in [6, 6.07) is 7.90. The SMILES string of the molecule is Cc1csc(C(=O)N2CCCNc3ccccc32)c1Cl. The van der Waals surface area contributed by atoms with Crippen molar-refractivity contribution in [3.05, 3.63) is 45.1 Å². The molecule has 1 aliphatic rings. The number of benzene rings is 1. The largest absolute Gasteiger partial charge is 0.383 e. The Morgan fingerprint density at radius 1 is 1.40 bits per heavy atom. The van der Waals surface area contributed by atoms with E-state index in [9.17, 15) is 4.79 Å². The lowest BCUT2D eigenvalue weighted by Gasteiger charge is -2.22. The molecular weight excluding hydrogens is 292 g/mol. The summed E-state index contributed by atoms with van der Waals surface area (Å²) >= 11 is 7.65. The molecule has 0 spiro atoms. The highest BCUT2D eigenvalue weighted by Gasteiger charge is 2.25. The molecule has 1 aromatic heterocycles. The van der Waals surface area contributed by atoms with E-state index in [1.165, 1.54) is 11.3 Å². The van der Waals surface area contributed by atoms with Crippen LogP contribution in [0.5, 0.6) is 0 Å². The highest BCUT2D eigenvalue weighted by atomic mass is 35.5. The number of carbonyl (C=O) groups is 1. The third-order valence-corrected chi connectivity index (χ3v) is 5.09. The summed E-state index contributed by atoms with van der Waals surface area (Å²) in [6.45, 7) is 3.50. The summed E-state index contributed by atoms with van der Waals surface area (Å²) in [4.78, 5) is 15.2. The van der Waals surface area contributed by atoms with E-state index in [2.05, 4.69) is 5.32 Å². The van der Waals surface area contributed by atoms with Gasteiger partial charge in [-0.05, 0) is 36.4 Å². The number of carbonyl (C=O) groups excluding carboxylic acids is 1. The molecule has 0 atom stereocenters. The van der Waals surface area contributed by atoms with Crippen molar-refractivity contribution in [3.8, 4) is 0 Å². The molecule has 0 saturated heterocycles. The second-order valence-electron chi connectivity index (χ2n) is 4.82. The quantitative estimate of drug-likeness (QED) is 0.857. The van der Waals surface area contributed by atoms with Crippen molar-refractivity contribution >= 4 is 40.2 Å². The molecule has 1 N–H and O–H groups in total. The van der Waals surface area contributed by atoms with E-state index in [-0.39, 0.29) is 5.91 Å². The lowest BCUT2D eigenvalue weighted by molar-refractivity contribution is 0.0991. The van der Waals surface area contributed by atoms with Crippen LogP contribution in [0.1, 0.15) is 21.7 Å². The molecule has 20 heavy (non-hydrogen) atoms. The number of amides is 1. The Morgan fingerprint density at radius 3 is 2.95 bits per heavy atom. The van der Waals surface area contributed by atoms with Crippen LogP contribution in [0.15, 0.2) is 29.6 Å². The van der Waals surface area contributed by atoms with Crippen LogP contribution in [0.3, 0.4) is 0 Å². The normalized spacial score (nSPS) is 14.4. The molecule has 0 unspecified atom stereocenters. The molecule has 5 heteroatoms. The molecule has 0 saturated carbocycles. The van der Waals surface area contributed by atoms with Crippen LogP contribution < -0.4 is 10.2 Å². The van der Waals surface area contributed by atoms with E-state index in [0.717, 1.165) is 29.9 Å². The zero-order valence-corrected chi connectivity index (χ0v) is 12.7. The summed E-state index contributed by atoms with van der Waals surface area (Å²) in [5, 5.41) is 5.86. The Balaban J connectivity index is 2.01. The van der Waals surface area contributed by atoms with Gasteiger partial charge in [0.2, 0.25) is 0 Å². The second kappa shape index (κ2) is 5.46. The first-order chi connectivity index (χ1) is 9.68. The minimum atomic E-state index is -0.00995. The fraction of sp³-hybridized carbons (Fsp3) is 0.267. The topological polar surface area (TPSA) is 32.3 Å². The number of nitrogens with zero attached hydrogens (tertiary/aromatic N) is 1. The molecule has 0 bridgehead atoms. The van der Waals surface area contributed by atoms with Crippen molar-refractivity contribution in [2.24, 2.45) is 0 Å². The van der Waals surface area contributed by atoms with Gasteiger partial charge in [0, 0.05) is 13.1 Å². The van der Waals surface area contributed by atoms with Crippen LogP contribution in [0.25, 0.3) is 0 Å². The van der Waals surface area contributed by atoms with Gasteiger partial charge in [0.1, 0.15) is 4.88 Å². The van der Waals surface area contributed by atoms with Crippen LogP contribution >= 0.6 is 22.9 Å². The number of hydrogen-bond donors (Lipinski definition) is 1. The average Bonchev–Trinajstić information content (AvgIpc) is 2.68. The van der Waals surface area contributed by atoms with Gasteiger partial charge in [0.25, 0.3) is 5.91 Å². The lowest BCUT2D eigenvalue weighted by Crippen LogP contribution is -2.31. The van der Waals surface area contributed by atoms with E-state index in [1.807, 2.05) is 41.5 Å². The Hall–Kier alpha value is -1.52. The number of anilines is 2. The van der Waals surface area contributed by atoms with Crippen molar-refractivity contribution in [2.45, 2.75) is 13.3 Å². The number of fused-ring (bicyclic) bond motifs is 1. The number of aryl methyl sites for hydroxylation is 1. The predicted octanol–water partition coefficient (Wildman–Crippen LogP) is 4.17. The Labute approximate surface area is 127 Å². The summed E-state index contributed by atoms with van der Waals surface area (Å²) in [6.07, 6.45) is 0.919. The highest BCUT2D eigenvalue weighted by molar-refractivity contribution is 7.13. The molecule has 0 fully saturated rings. The third-order valence-electron chi connectivity index (χ3n) is 3.41. The highest BCUT2D eigenvalue weighted by Crippen LogP contribution is 2.33. The molecule has 1 aromatic carbocycles. The second-order valence-corrected chi connectivity index (χ2v) is 6.07. The van der Waals surface area contributed by atoms with Crippen molar-refractivity contribution < 1.29 is 4.79 Å². The van der Waals surface area contributed by atoms with Gasteiger partial charge in [0.05, 0.1) is 16.4 Å². The summed E-state index contributed by atoms with van der Waals surface area (Å²) in [7, 11) is 0.